The standard InChI is InChI=1S/C24H27NO5/c1-6-28-22(26)14-30-18-9-11-21-19(13-18)23(24(27)29-7-2)17(5)25(21)20-10-8-15(3)12-16(20)4/h8-13H,6-7,14H2,1-5H3. The molecule has 0 bridgehead atoms. The first-order valence-electron chi connectivity index (χ1n) is 10.1. The van der Waals surface area contributed by atoms with Crippen LogP contribution < -0.4 is 4.74 Å². The summed E-state index contributed by atoms with van der Waals surface area (Å²) in [4.78, 5) is 24.4. The van der Waals surface area contributed by atoms with Gasteiger partial charge in [0.15, 0.2) is 6.61 Å². The molecule has 6 heteroatoms. The molecule has 2 aromatic carbocycles. The third-order valence-electron chi connectivity index (χ3n) is 4.91. The van der Waals surface area contributed by atoms with E-state index in [1.165, 1.54) is 5.56 Å². The van der Waals surface area contributed by atoms with Gasteiger partial charge in [0.1, 0.15) is 5.75 Å². The average molecular weight is 409 g/mol. The molecule has 0 atom stereocenters. The molecule has 0 spiro atoms. The summed E-state index contributed by atoms with van der Waals surface area (Å²) in [6.45, 7) is 9.93. The minimum absolute atomic E-state index is 0.190. The molecule has 0 saturated heterocycles. The van der Waals surface area contributed by atoms with E-state index in [9.17, 15) is 9.59 Å². The molecule has 1 aromatic heterocycles. The average Bonchev–Trinajstić information content (AvgIpc) is 2.98. The zero-order valence-corrected chi connectivity index (χ0v) is 18.1. The van der Waals surface area contributed by atoms with E-state index in [4.69, 9.17) is 14.2 Å². The summed E-state index contributed by atoms with van der Waals surface area (Å²) in [5.74, 6) is -0.336. The van der Waals surface area contributed by atoms with Crippen molar-refractivity contribution in [2.24, 2.45) is 0 Å². The van der Waals surface area contributed by atoms with Crippen LogP contribution in [0.4, 0.5) is 0 Å². The van der Waals surface area contributed by atoms with Gasteiger partial charge in [-0.25, -0.2) is 9.59 Å². The molecule has 0 unspecified atom stereocenters. The minimum Gasteiger partial charge on any atom is -0.482 e. The number of hydrogen-bond acceptors (Lipinski definition) is 5. The third-order valence-corrected chi connectivity index (χ3v) is 4.91. The quantitative estimate of drug-likeness (QED) is 0.530. The van der Waals surface area contributed by atoms with Gasteiger partial charge in [-0.05, 0) is 64.4 Å². The van der Waals surface area contributed by atoms with Crippen LogP contribution in [0.5, 0.6) is 5.75 Å². The summed E-state index contributed by atoms with van der Waals surface area (Å²) in [6.07, 6.45) is 0. The Morgan fingerprint density at radius 1 is 0.933 bits per heavy atom. The maximum atomic E-state index is 12.8. The molecule has 3 rings (SSSR count). The lowest BCUT2D eigenvalue weighted by atomic mass is 10.1. The minimum atomic E-state index is -0.438. The van der Waals surface area contributed by atoms with Gasteiger partial charge in [0.2, 0.25) is 0 Å². The Kier molecular flexibility index (Phi) is 6.45. The Bertz CT molecular complexity index is 1100. The molecule has 0 radical (unpaired) electrons. The topological polar surface area (TPSA) is 66.8 Å². The molecule has 0 aliphatic heterocycles. The second-order valence-electron chi connectivity index (χ2n) is 7.08. The molecule has 0 saturated carbocycles. The number of carbonyl (C=O) groups is 2. The fourth-order valence-corrected chi connectivity index (χ4v) is 3.66. The van der Waals surface area contributed by atoms with Gasteiger partial charge in [0.25, 0.3) is 0 Å². The number of aryl methyl sites for hydroxylation is 2. The van der Waals surface area contributed by atoms with Crippen molar-refractivity contribution < 1.29 is 23.8 Å². The predicted molar refractivity (Wildman–Crippen MR) is 116 cm³/mol. The number of carbonyl (C=O) groups excluding carboxylic acids is 2. The summed E-state index contributed by atoms with van der Waals surface area (Å²) >= 11 is 0. The van der Waals surface area contributed by atoms with Gasteiger partial charge in [-0.2, -0.15) is 0 Å². The Morgan fingerprint density at radius 2 is 1.67 bits per heavy atom. The van der Waals surface area contributed by atoms with E-state index in [2.05, 4.69) is 36.6 Å². The van der Waals surface area contributed by atoms with Crippen molar-refractivity contribution in [2.75, 3.05) is 19.8 Å². The van der Waals surface area contributed by atoms with Crippen molar-refractivity contribution in [2.45, 2.75) is 34.6 Å². The van der Waals surface area contributed by atoms with Gasteiger partial charge in [-0.3, -0.25) is 0 Å². The summed E-state index contributed by atoms with van der Waals surface area (Å²) in [5.41, 5.74) is 5.43. The zero-order valence-electron chi connectivity index (χ0n) is 18.1. The number of rotatable bonds is 7. The molecule has 30 heavy (non-hydrogen) atoms. The van der Waals surface area contributed by atoms with Crippen LogP contribution in [0, 0.1) is 20.8 Å². The van der Waals surface area contributed by atoms with Crippen molar-refractivity contribution in [3.63, 3.8) is 0 Å². The van der Waals surface area contributed by atoms with Crippen LogP contribution in [0.1, 0.15) is 41.0 Å². The van der Waals surface area contributed by atoms with Crippen LogP contribution in [-0.2, 0) is 14.3 Å². The lowest BCUT2D eigenvalue weighted by molar-refractivity contribution is -0.145. The molecule has 0 aliphatic carbocycles. The summed E-state index contributed by atoms with van der Waals surface area (Å²) < 4.78 is 17.9. The number of fused-ring (bicyclic) bond motifs is 1. The highest BCUT2D eigenvalue weighted by atomic mass is 16.6. The van der Waals surface area contributed by atoms with E-state index in [0.29, 0.717) is 23.3 Å². The molecule has 1 heterocycles. The van der Waals surface area contributed by atoms with Crippen LogP contribution in [-0.4, -0.2) is 36.3 Å². The third kappa shape index (κ3) is 4.17. The van der Waals surface area contributed by atoms with Crippen molar-refractivity contribution in [1.29, 1.82) is 0 Å². The SMILES string of the molecule is CCOC(=O)COc1ccc2c(c1)c(C(=O)OCC)c(C)n2-c1ccc(C)cc1C. The molecule has 0 N–H and O–H groups in total. The second kappa shape index (κ2) is 9.03. The predicted octanol–water partition coefficient (Wildman–Crippen LogP) is 4.67. The fourth-order valence-electron chi connectivity index (χ4n) is 3.66. The summed E-state index contributed by atoms with van der Waals surface area (Å²) in [7, 11) is 0. The Labute approximate surface area is 176 Å². The highest BCUT2D eigenvalue weighted by molar-refractivity contribution is 6.07. The van der Waals surface area contributed by atoms with Crippen molar-refractivity contribution >= 4 is 22.8 Å². The number of hydrogen-bond donors (Lipinski definition) is 0. The van der Waals surface area contributed by atoms with E-state index in [1.807, 2.05) is 13.0 Å². The number of aromatic nitrogens is 1. The molecule has 0 amide bonds. The molecular formula is C24H27NO5. The van der Waals surface area contributed by atoms with Gasteiger partial charge < -0.3 is 18.8 Å². The highest BCUT2D eigenvalue weighted by Gasteiger charge is 2.23. The van der Waals surface area contributed by atoms with Crippen LogP contribution in [0.3, 0.4) is 0 Å². The normalized spacial score (nSPS) is 10.8. The van der Waals surface area contributed by atoms with Gasteiger partial charge in [-0.1, -0.05) is 17.7 Å². The number of nitrogens with zero attached hydrogens (tertiary/aromatic N) is 1. The molecule has 158 valence electrons. The van der Waals surface area contributed by atoms with Crippen molar-refractivity contribution in [3.05, 3.63) is 58.8 Å². The molecular weight excluding hydrogens is 382 g/mol. The first-order valence-corrected chi connectivity index (χ1v) is 10.1. The highest BCUT2D eigenvalue weighted by Crippen LogP contribution is 2.33. The zero-order chi connectivity index (χ0) is 21.8. The first kappa shape index (κ1) is 21.4. The first-order chi connectivity index (χ1) is 14.4. The van der Waals surface area contributed by atoms with Crippen molar-refractivity contribution in [1.82, 2.24) is 4.57 Å². The molecule has 0 aliphatic rings. The summed E-state index contributed by atoms with van der Waals surface area (Å²) in [5, 5.41) is 0.715. The van der Waals surface area contributed by atoms with Gasteiger partial charge in [-0.15, -0.1) is 0 Å². The second-order valence-corrected chi connectivity index (χ2v) is 7.08. The van der Waals surface area contributed by atoms with Crippen LogP contribution in [0.15, 0.2) is 36.4 Å². The largest absolute Gasteiger partial charge is 0.482 e. The van der Waals surface area contributed by atoms with Gasteiger partial charge in [0, 0.05) is 16.8 Å². The Balaban J connectivity index is 2.14. The smallest absolute Gasteiger partial charge is 0.344 e. The maximum Gasteiger partial charge on any atom is 0.344 e. The number of esters is 2. The molecule has 6 nitrogen and oxygen atoms in total. The molecule has 0 fully saturated rings. The van der Waals surface area contributed by atoms with E-state index in [0.717, 1.165) is 22.5 Å². The Morgan fingerprint density at radius 3 is 2.33 bits per heavy atom. The van der Waals surface area contributed by atoms with E-state index in [-0.39, 0.29) is 19.2 Å². The van der Waals surface area contributed by atoms with Crippen LogP contribution in [0.2, 0.25) is 0 Å². The van der Waals surface area contributed by atoms with Crippen LogP contribution in [0.25, 0.3) is 16.6 Å². The summed E-state index contributed by atoms with van der Waals surface area (Å²) in [6, 6.07) is 11.7. The van der Waals surface area contributed by atoms with E-state index >= 15 is 0 Å². The fraction of sp³-hybridized carbons (Fsp3) is 0.333. The maximum absolute atomic E-state index is 12.8. The Hall–Kier alpha value is -3.28. The van der Waals surface area contributed by atoms with Crippen molar-refractivity contribution in [3.8, 4) is 11.4 Å². The van der Waals surface area contributed by atoms with Gasteiger partial charge in [0.05, 0.1) is 24.3 Å². The number of ether oxygens (including phenoxy) is 3. The molecule has 3 aromatic rings. The van der Waals surface area contributed by atoms with Gasteiger partial charge >= 0.3 is 11.9 Å². The van der Waals surface area contributed by atoms with E-state index < -0.39 is 5.97 Å². The number of benzene rings is 2. The van der Waals surface area contributed by atoms with Crippen LogP contribution >= 0.6 is 0 Å². The lowest BCUT2D eigenvalue weighted by Crippen LogP contribution is -2.14. The van der Waals surface area contributed by atoms with E-state index in [1.54, 1.807) is 26.0 Å². The monoisotopic (exact) mass is 409 g/mol. The lowest BCUT2D eigenvalue weighted by Gasteiger charge is -2.13.